The highest BCUT2D eigenvalue weighted by Crippen LogP contribution is 2.19. The van der Waals surface area contributed by atoms with Crippen LogP contribution in [0.2, 0.25) is 0 Å². The van der Waals surface area contributed by atoms with Crippen molar-refractivity contribution in [2.75, 3.05) is 0 Å². The highest BCUT2D eigenvalue weighted by molar-refractivity contribution is 9.10. The Morgan fingerprint density at radius 2 is 2.20 bits per heavy atom. The van der Waals surface area contributed by atoms with E-state index in [-0.39, 0.29) is 17.5 Å². The Kier molecular flexibility index (Phi) is 4.45. The van der Waals surface area contributed by atoms with Crippen molar-refractivity contribution in [1.82, 2.24) is 0 Å². The third-order valence-electron chi connectivity index (χ3n) is 2.43. The number of carbonyl (C=O) groups excluding carboxylic acids is 1. The van der Waals surface area contributed by atoms with Crippen LogP contribution in [-0.2, 0) is 11.2 Å². The zero-order chi connectivity index (χ0) is 11.4. The maximum Gasteiger partial charge on any atom is 0.135 e. The maximum absolute atomic E-state index is 13.4. The third kappa shape index (κ3) is 3.42. The molecule has 1 unspecified atom stereocenters. The lowest BCUT2D eigenvalue weighted by Gasteiger charge is -2.10. The molecule has 0 heterocycles. The molecule has 0 N–H and O–H groups in total. The second-order valence-corrected chi connectivity index (χ2v) is 4.58. The van der Waals surface area contributed by atoms with Crippen LogP contribution in [0.15, 0.2) is 22.7 Å². The van der Waals surface area contributed by atoms with Crippen LogP contribution in [0.5, 0.6) is 0 Å². The standard InChI is InChI=1S/C12H14BrFO/c1-3-12(15)8(2)6-9-7-10(13)4-5-11(9)14/h4-5,7-8H,3,6H2,1-2H3. The summed E-state index contributed by atoms with van der Waals surface area (Å²) in [5.41, 5.74) is 0.596. The van der Waals surface area contributed by atoms with E-state index in [4.69, 9.17) is 0 Å². The van der Waals surface area contributed by atoms with Gasteiger partial charge in [-0.05, 0) is 30.2 Å². The first-order valence-corrected chi connectivity index (χ1v) is 5.80. The summed E-state index contributed by atoms with van der Waals surface area (Å²) >= 11 is 3.29. The van der Waals surface area contributed by atoms with Crippen LogP contribution in [0.3, 0.4) is 0 Å². The smallest absolute Gasteiger partial charge is 0.135 e. The highest BCUT2D eigenvalue weighted by Gasteiger charge is 2.13. The van der Waals surface area contributed by atoms with Crippen molar-refractivity contribution < 1.29 is 9.18 Å². The van der Waals surface area contributed by atoms with E-state index in [1.54, 1.807) is 12.1 Å². The summed E-state index contributed by atoms with van der Waals surface area (Å²) in [6.45, 7) is 3.67. The van der Waals surface area contributed by atoms with E-state index in [2.05, 4.69) is 15.9 Å². The average Bonchev–Trinajstić information content (AvgIpc) is 2.22. The Bertz CT molecular complexity index is 363. The zero-order valence-electron chi connectivity index (χ0n) is 8.89. The molecule has 1 aromatic carbocycles. The van der Waals surface area contributed by atoms with Gasteiger partial charge in [0.1, 0.15) is 11.6 Å². The molecule has 0 aromatic heterocycles. The fourth-order valence-corrected chi connectivity index (χ4v) is 1.90. The van der Waals surface area contributed by atoms with Gasteiger partial charge in [-0.15, -0.1) is 0 Å². The van der Waals surface area contributed by atoms with Crippen LogP contribution in [0, 0.1) is 11.7 Å². The number of rotatable bonds is 4. The summed E-state index contributed by atoms with van der Waals surface area (Å²) < 4.78 is 14.2. The highest BCUT2D eigenvalue weighted by atomic mass is 79.9. The number of carbonyl (C=O) groups is 1. The van der Waals surface area contributed by atoms with Crippen molar-refractivity contribution >= 4 is 21.7 Å². The van der Waals surface area contributed by atoms with E-state index in [0.717, 1.165) is 4.47 Å². The number of benzene rings is 1. The SMILES string of the molecule is CCC(=O)C(C)Cc1cc(Br)ccc1F. The number of hydrogen-bond acceptors (Lipinski definition) is 1. The van der Waals surface area contributed by atoms with E-state index >= 15 is 0 Å². The predicted octanol–water partition coefficient (Wildman–Crippen LogP) is 3.75. The molecule has 0 saturated heterocycles. The maximum atomic E-state index is 13.4. The molecule has 0 amide bonds. The fourth-order valence-electron chi connectivity index (χ4n) is 1.49. The molecular formula is C12H14BrFO. The molecule has 15 heavy (non-hydrogen) atoms. The molecule has 0 spiro atoms. The Labute approximate surface area is 97.8 Å². The van der Waals surface area contributed by atoms with E-state index in [1.165, 1.54) is 6.07 Å². The molecule has 1 nitrogen and oxygen atoms in total. The van der Waals surface area contributed by atoms with Gasteiger partial charge in [-0.2, -0.15) is 0 Å². The minimum absolute atomic E-state index is 0.112. The van der Waals surface area contributed by atoms with Crippen molar-refractivity contribution in [3.05, 3.63) is 34.1 Å². The monoisotopic (exact) mass is 272 g/mol. The summed E-state index contributed by atoms with van der Waals surface area (Å²) in [5, 5.41) is 0. The molecule has 0 aliphatic heterocycles. The fraction of sp³-hybridized carbons (Fsp3) is 0.417. The van der Waals surface area contributed by atoms with Gasteiger partial charge in [0.25, 0.3) is 0 Å². The number of ketones is 1. The summed E-state index contributed by atoms with van der Waals surface area (Å²) in [7, 11) is 0. The minimum atomic E-state index is -0.242. The normalized spacial score (nSPS) is 12.5. The third-order valence-corrected chi connectivity index (χ3v) is 2.93. The number of halogens is 2. The molecule has 0 aliphatic carbocycles. The van der Waals surface area contributed by atoms with Crippen LogP contribution in [0.25, 0.3) is 0 Å². The van der Waals surface area contributed by atoms with Crippen molar-refractivity contribution in [3.8, 4) is 0 Å². The van der Waals surface area contributed by atoms with E-state index in [9.17, 15) is 9.18 Å². The quantitative estimate of drug-likeness (QED) is 0.816. The van der Waals surface area contributed by atoms with Gasteiger partial charge in [-0.3, -0.25) is 4.79 Å². The zero-order valence-corrected chi connectivity index (χ0v) is 10.5. The van der Waals surface area contributed by atoms with Gasteiger partial charge in [0.15, 0.2) is 0 Å². The van der Waals surface area contributed by atoms with Gasteiger partial charge in [0.05, 0.1) is 0 Å². The van der Waals surface area contributed by atoms with Crippen LogP contribution >= 0.6 is 15.9 Å². The lowest BCUT2D eigenvalue weighted by Crippen LogP contribution is -2.13. The molecule has 0 bridgehead atoms. The molecule has 0 aliphatic rings. The van der Waals surface area contributed by atoms with Crippen LogP contribution in [0.4, 0.5) is 4.39 Å². The van der Waals surface area contributed by atoms with Gasteiger partial charge in [0, 0.05) is 16.8 Å². The number of Topliss-reactive ketones (excluding diaryl/α,β-unsaturated/α-hetero) is 1. The molecule has 82 valence electrons. The Hall–Kier alpha value is -0.700. The van der Waals surface area contributed by atoms with E-state index in [0.29, 0.717) is 18.4 Å². The summed E-state index contributed by atoms with van der Waals surface area (Å²) in [6.07, 6.45) is 0.981. The molecule has 1 rings (SSSR count). The van der Waals surface area contributed by atoms with Crippen molar-refractivity contribution in [3.63, 3.8) is 0 Å². The lowest BCUT2D eigenvalue weighted by molar-refractivity contribution is -0.122. The largest absolute Gasteiger partial charge is 0.299 e. The van der Waals surface area contributed by atoms with Gasteiger partial charge in [-0.1, -0.05) is 29.8 Å². The molecule has 0 saturated carbocycles. The topological polar surface area (TPSA) is 17.1 Å². The van der Waals surface area contributed by atoms with Gasteiger partial charge in [0.2, 0.25) is 0 Å². The van der Waals surface area contributed by atoms with Crippen molar-refractivity contribution in [2.24, 2.45) is 5.92 Å². The molecule has 1 aromatic rings. The Morgan fingerprint density at radius 3 is 2.80 bits per heavy atom. The first-order valence-electron chi connectivity index (χ1n) is 5.01. The van der Waals surface area contributed by atoms with Gasteiger partial charge >= 0.3 is 0 Å². The van der Waals surface area contributed by atoms with Crippen molar-refractivity contribution in [1.29, 1.82) is 0 Å². The molecule has 0 fully saturated rings. The van der Waals surface area contributed by atoms with Gasteiger partial charge in [-0.25, -0.2) is 4.39 Å². The first kappa shape index (κ1) is 12.4. The summed E-state index contributed by atoms with van der Waals surface area (Å²) in [4.78, 5) is 11.4. The van der Waals surface area contributed by atoms with E-state index in [1.807, 2.05) is 13.8 Å². The van der Waals surface area contributed by atoms with Crippen LogP contribution in [-0.4, -0.2) is 5.78 Å². The average molecular weight is 273 g/mol. The molecule has 1 atom stereocenters. The van der Waals surface area contributed by atoms with Crippen molar-refractivity contribution in [2.45, 2.75) is 26.7 Å². The molecule has 3 heteroatoms. The summed E-state index contributed by atoms with van der Waals surface area (Å²) in [5.74, 6) is -0.179. The second-order valence-electron chi connectivity index (χ2n) is 3.66. The Balaban J connectivity index is 2.80. The van der Waals surface area contributed by atoms with Crippen LogP contribution in [0.1, 0.15) is 25.8 Å². The van der Waals surface area contributed by atoms with E-state index < -0.39 is 0 Å². The molecular weight excluding hydrogens is 259 g/mol. The second kappa shape index (κ2) is 5.40. The lowest BCUT2D eigenvalue weighted by atomic mass is 9.95. The van der Waals surface area contributed by atoms with Gasteiger partial charge < -0.3 is 0 Å². The molecule has 0 radical (unpaired) electrons. The minimum Gasteiger partial charge on any atom is -0.299 e. The number of hydrogen-bond donors (Lipinski definition) is 0. The first-order chi connectivity index (χ1) is 7.04. The Morgan fingerprint density at radius 1 is 1.53 bits per heavy atom. The predicted molar refractivity (Wildman–Crippen MR) is 62.3 cm³/mol. The summed E-state index contributed by atoms with van der Waals surface area (Å²) in [6, 6.07) is 4.81. The van der Waals surface area contributed by atoms with Crippen LogP contribution < -0.4 is 0 Å².